The number of hydrogen-bond donors (Lipinski definition) is 3. The van der Waals surface area contributed by atoms with Crippen LogP contribution in [-0.4, -0.2) is 65.2 Å². The lowest BCUT2D eigenvalue weighted by atomic mass is 10.2. The molecule has 0 radical (unpaired) electrons. The molecule has 10 nitrogen and oxygen atoms in total. The van der Waals surface area contributed by atoms with Gasteiger partial charge in [-0.05, 0) is 43.8 Å². The van der Waals surface area contributed by atoms with E-state index in [-0.39, 0.29) is 23.4 Å². The van der Waals surface area contributed by atoms with Crippen molar-refractivity contribution in [3.05, 3.63) is 54.4 Å². The standard InChI is InChI=1S/C23H29N5O5S/c1-16(15-31-3)32-18-11-17(23(29)27-21(24)7-8-25-2)12-19(13-18)33-22-6-5-20(14-26-22)34(30)28-9-4-10-28/h5-8,11-14,16,25H,4,9-10,15H2,1-3H3,(H2,24,27,29)/b8-7-/t16-,34?/m0/s1. The van der Waals surface area contributed by atoms with Crippen molar-refractivity contribution in [2.75, 3.05) is 33.9 Å². The molecule has 0 spiro atoms. The SMILES string of the molecule is CN/C=C\C(=N)NC(=O)c1cc(Oc2ccc(S(=O)N3CCC3)cn2)cc(O[C@@H](C)COC)c1. The number of aromatic nitrogens is 1. The number of carbonyl (C=O) groups excluding carboxylic acids is 1. The molecule has 1 saturated heterocycles. The third-order valence-electron chi connectivity index (χ3n) is 4.73. The Morgan fingerprint density at radius 1 is 1.29 bits per heavy atom. The van der Waals surface area contributed by atoms with Gasteiger partial charge in [0.25, 0.3) is 5.91 Å². The first-order chi connectivity index (χ1) is 16.4. The quantitative estimate of drug-likeness (QED) is 0.328. The van der Waals surface area contributed by atoms with E-state index in [1.54, 1.807) is 38.4 Å². The van der Waals surface area contributed by atoms with Crippen LogP contribution in [0.2, 0.25) is 0 Å². The van der Waals surface area contributed by atoms with Crippen molar-refractivity contribution in [2.45, 2.75) is 24.3 Å². The highest BCUT2D eigenvalue weighted by Crippen LogP contribution is 2.28. The molecular weight excluding hydrogens is 458 g/mol. The van der Waals surface area contributed by atoms with Crippen LogP contribution in [0.4, 0.5) is 0 Å². The first kappa shape index (κ1) is 25.3. The van der Waals surface area contributed by atoms with E-state index in [9.17, 15) is 9.00 Å². The normalized spacial score (nSPS) is 15.3. The van der Waals surface area contributed by atoms with Crippen LogP contribution in [0.1, 0.15) is 23.7 Å². The maximum absolute atomic E-state index is 12.7. The minimum Gasteiger partial charge on any atom is -0.488 e. The second kappa shape index (κ2) is 12.3. The largest absolute Gasteiger partial charge is 0.488 e. The van der Waals surface area contributed by atoms with Gasteiger partial charge in [0.2, 0.25) is 5.88 Å². The van der Waals surface area contributed by atoms with E-state index in [2.05, 4.69) is 15.6 Å². The maximum atomic E-state index is 12.7. The van der Waals surface area contributed by atoms with E-state index in [0.717, 1.165) is 19.5 Å². The average molecular weight is 488 g/mol. The Hall–Kier alpha value is -3.28. The molecule has 2 aromatic rings. The number of rotatable bonds is 11. The third-order valence-corrected chi connectivity index (χ3v) is 6.21. The number of benzene rings is 1. The topological polar surface area (TPSA) is 126 Å². The number of methoxy groups -OCH3 is 1. The highest BCUT2D eigenvalue weighted by atomic mass is 32.2. The number of pyridine rings is 1. The summed E-state index contributed by atoms with van der Waals surface area (Å²) in [6.07, 6.45) is 5.26. The van der Waals surface area contributed by atoms with Crippen LogP contribution < -0.4 is 20.1 Å². The van der Waals surface area contributed by atoms with Crippen LogP contribution in [0.3, 0.4) is 0 Å². The molecule has 1 fully saturated rings. The van der Waals surface area contributed by atoms with Crippen LogP contribution in [0.15, 0.2) is 53.7 Å². The first-order valence-electron chi connectivity index (χ1n) is 10.7. The predicted molar refractivity (Wildman–Crippen MR) is 129 cm³/mol. The van der Waals surface area contributed by atoms with Crippen molar-refractivity contribution >= 4 is 22.7 Å². The van der Waals surface area contributed by atoms with Crippen molar-refractivity contribution in [2.24, 2.45) is 0 Å². The minimum absolute atomic E-state index is 0.0756. The monoisotopic (exact) mass is 487 g/mol. The van der Waals surface area contributed by atoms with Gasteiger partial charge in [-0.3, -0.25) is 10.2 Å². The van der Waals surface area contributed by atoms with Gasteiger partial charge in [-0.1, -0.05) is 0 Å². The molecule has 3 N–H and O–H groups in total. The van der Waals surface area contributed by atoms with Crippen LogP contribution in [0.25, 0.3) is 0 Å². The Kier molecular flexibility index (Phi) is 9.14. The Morgan fingerprint density at radius 3 is 2.68 bits per heavy atom. The van der Waals surface area contributed by atoms with Gasteiger partial charge < -0.3 is 24.8 Å². The van der Waals surface area contributed by atoms with Gasteiger partial charge in [-0.25, -0.2) is 13.5 Å². The zero-order chi connectivity index (χ0) is 24.5. The van der Waals surface area contributed by atoms with Gasteiger partial charge in [0.05, 0.1) is 11.5 Å². The molecule has 0 bridgehead atoms. The van der Waals surface area contributed by atoms with Crippen molar-refractivity contribution < 1.29 is 23.2 Å². The summed E-state index contributed by atoms with van der Waals surface area (Å²) in [4.78, 5) is 17.6. The summed E-state index contributed by atoms with van der Waals surface area (Å²) in [5.41, 5.74) is 0.246. The van der Waals surface area contributed by atoms with E-state index in [4.69, 9.17) is 19.6 Å². The lowest BCUT2D eigenvalue weighted by Gasteiger charge is -2.28. The van der Waals surface area contributed by atoms with Gasteiger partial charge in [-0.2, -0.15) is 0 Å². The molecule has 2 heterocycles. The number of amidine groups is 1. The molecule has 1 aliphatic rings. The molecule has 182 valence electrons. The fraction of sp³-hybridized carbons (Fsp3) is 0.348. The summed E-state index contributed by atoms with van der Waals surface area (Å²) in [5, 5.41) is 13.1. The van der Waals surface area contributed by atoms with Gasteiger partial charge >= 0.3 is 0 Å². The molecule has 1 unspecified atom stereocenters. The Labute approximate surface area is 201 Å². The van der Waals surface area contributed by atoms with Gasteiger partial charge in [0, 0.05) is 51.1 Å². The van der Waals surface area contributed by atoms with Crippen LogP contribution in [0, 0.1) is 5.41 Å². The average Bonchev–Trinajstić information content (AvgIpc) is 2.77. The highest BCUT2D eigenvalue weighted by Gasteiger charge is 2.22. The van der Waals surface area contributed by atoms with Crippen LogP contribution in [-0.2, 0) is 15.7 Å². The van der Waals surface area contributed by atoms with Crippen molar-refractivity contribution in [1.82, 2.24) is 19.9 Å². The van der Waals surface area contributed by atoms with Crippen molar-refractivity contribution in [3.8, 4) is 17.4 Å². The van der Waals surface area contributed by atoms with Crippen molar-refractivity contribution in [3.63, 3.8) is 0 Å². The molecule has 34 heavy (non-hydrogen) atoms. The maximum Gasteiger partial charge on any atom is 0.257 e. The second-order valence-corrected chi connectivity index (χ2v) is 9.02. The molecule has 1 aromatic carbocycles. The first-order valence-corrected chi connectivity index (χ1v) is 11.9. The molecular formula is C23H29N5O5S. The van der Waals surface area contributed by atoms with Gasteiger partial charge in [0.1, 0.15) is 34.4 Å². The van der Waals surface area contributed by atoms with Crippen LogP contribution >= 0.6 is 0 Å². The van der Waals surface area contributed by atoms with E-state index in [1.165, 1.54) is 24.5 Å². The number of ether oxygens (including phenoxy) is 3. The van der Waals surface area contributed by atoms with E-state index >= 15 is 0 Å². The molecule has 1 aliphatic heterocycles. The number of carbonyl (C=O) groups is 1. The van der Waals surface area contributed by atoms with Crippen LogP contribution in [0.5, 0.6) is 17.4 Å². The molecule has 0 aliphatic carbocycles. The highest BCUT2D eigenvalue weighted by molar-refractivity contribution is 7.82. The Morgan fingerprint density at radius 2 is 2.06 bits per heavy atom. The lowest BCUT2D eigenvalue weighted by Crippen LogP contribution is -2.38. The second-order valence-electron chi connectivity index (χ2n) is 7.53. The summed E-state index contributed by atoms with van der Waals surface area (Å²) in [6, 6.07) is 8.08. The van der Waals surface area contributed by atoms with Gasteiger partial charge in [-0.15, -0.1) is 0 Å². The molecule has 1 aromatic heterocycles. The summed E-state index contributed by atoms with van der Waals surface area (Å²) >= 11 is 0. The zero-order valence-electron chi connectivity index (χ0n) is 19.4. The molecule has 11 heteroatoms. The van der Waals surface area contributed by atoms with E-state index < -0.39 is 16.9 Å². The summed E-state index contributed by atoms with van der Waals surface area (Å²) in [5.74, 6) is 0.443. The summed E-state index contributed by atoms with van der Waals surface area (Å²) < 4.78 is 31.1. The molecule has 1 amide bonds. The third kappa shape index (κ3) is 7.11. The van der Waals surface area contributed by atoms with Gasteiger partial charge in [0.15, 0.2) is 0 Å². The van der Waals surface area contributed by atoms with Crippen molar-refractivity contribution in [1.29, 1.82) is 5.41 Å². The Balaban J connectivity index is 1.79. The van der Waals surface area contributed by atoms with E-state index in [1.807, 2.05) is 11.2 Å². The number of nitrogens with zero attached hydrogens (tertiary/aromatic N) is 2. The molecule has 2 atom stereocenters. The fourth-order valence-electron chi connectivity index (χ4n) is 2.99. The smallest absolute Gasteiger partial charge is 0.257 e. The summed E-state index contributed by atoms with van der Waals surface area (Å²) in [7, 11) is 2.04. The summed E-state index contributed by atoms with van der Waals surface area (Å²) in [6.45, 7) is 3.83. The predicted octanol–water partition coefficient (Wildman–Crippen LogP) is 2.46. The molecule has 3 rings (SSSR count). The van der Waals surface area contributed by atoms with E-state index in [0.29, 0.717) is 23.0 Å². The minimum atomic E-state index is -1.23. The lowest BCUT2D eigenvalue weighted by molar-refractivity contribution is 0.0912. The fourth-order valence-corrected chi connectivity index (χ4v) is 4.20. The number of hydrogen-bond acceptors (Lipinski definition) is 8. The molecule has 0 saturated carbocycles. The number of nitrogens with one attached hydrogen (secondary N) is 3. The number of amides is 1. The zero-order valence-corrected chi connectivity index (χ0v) is 20.2. The Bertz CT molecular complexity index is 1060.